The Morgan fingerprint density at radius 1 is 0.667 bits per heavy atom. The first kappa shape index (κ1) is 34.1. The molecular weight excluding hydrogens is 652 g/mol. The highest BCUT2D eigenvalue weighted by Gasteiger charge is 2.56. The maximum absolute atomic E-state index is 12.4. The smallest absolute Gasteiger partial charge is 0.360 e. The summed E-state index contributed by atoms with van der Waals surface area (Å²) in [5, 5.41) is 24.1. The third-order valence-electron chi connectivity index (χ3n) is 10.2. The van der Waals surface area contributed by atoms with Crippen LogP contribution in [0.5, 0.6) is 0 Å². The van der Waals surface area contributed by atoms with Gasteiger partial charge in [0.2, 0.25) is 11.8 Å². The van der Waals surface area contributed by atoms with E-state index in [4.69, 9.17) is 9.84 Å². The first-order chi connectivity index (χ1) is 24.5. The molecule has 2 aromatic carbocycles. The molecule has 1 N–H and O–H groups in total. The molecule has 2 aromatic heterocycles. The molecule has 2 saturated heterocycles. The quantitative estimate of drug-likeness (QED) is 0.227. The minimum atomic E-state index is -1.08. The molecule has 0 radical (unpaired) electrons. The predicted molar refractivity (Wildman–Crippen MR) is 182 cm³/mol. The van der Waals surface area contributed by atoms with Crippen molar-refractivity contribution in [2.45, 2.75) is 84.7 Å². The number of aromatic carboxylic acids is 1. The summed E-state index contributed by atoms with van der Waals surface area (Å²) in [4.78, 5) is 51.3. The topological polar surface area (TPSA) is 166 Å². The number of carboxylic acids is 1. The number of likely N-dealkylation sites (tertiary alicyclic amines) is 2. The van der Waals surface area contributed by atoms with Gasteiger partial charge in [0.1, 0.15) is 0 Å². The summed E-state index contributed by atoms with van der Waals surface area (Å²) in [6.45, 7) is 7.64. The Kier molecular flexibility index (Phi) is 9.17. The molecule has 4 fully saturated rings. The lowest BCUT2D eigenvalue weighted by molar-refractivity contribution is -0.133. The van der Waals surface area contributed by atoms with E-state index in [1.165, 1.54) is 10.9 Å². The van der Waals surface area contributed by atoms with E-state index in [1.54, 1.807) is 24.7 Å². The molecule has 0 atom stereocenters. The average Bonchev–Trinajstić information content (AvgIpc) is 3.88. The molecule has 0 bridgehead atoms. The number of hydrogen-bond acceptors (Lipinski definition) is 9. The van der Waals surface area contributed by atoms with Crippen molar-refractivity contribution in [3.05, 3.63) is 94.6 Å². The predicted octanol–water partition coefficient (Wildman–Crippen LogP) is 3.94. The Labute approximate surface area is 295 Å². The fourth-order valence-corrected chi connectivity index (χ4v) is 6.85. The standard InChI is InChI=1S/C20H24N4O3.C17H18N4O3/c1-14(2)27-18(25)17-13-24(22-21-17)12-16-5-3-15(4-6-16)11-23-10-9-20(7-8-20)19(23)26;22-15(23)14-11-21(19-18-14)10-13-3-1-12(2-4-13)9-20-8-7-17(5-6-17)16(20)24/h3-6,13-14H,7-12H2,1-2H3;1-4,11H,5-10H2,(H,22,23). The largest absolute Gasteiger partial charge is 0.476 e. The number of carbonyl (C=O) groups excluding carboxylic acids is 3. The molecule has 4 aromatic rings. The third-order valence-corrected chi connectivity index (χ3v) is 10.2. The van der Waals surface area contributed by atoms with Gasteiger partial charge in [-0.2, -0.15) is 0 Å². The first-order valence-corrected chi connectivity index (χ1v) is 17.5. The Balaban J connectivity index is 0.000000160. The van der Waals surface area contributed by atoms with Crippen LogP contribution in [0.4, 0.5) is 0 Å². The zero-order valence-corrected chi connectivity index (χ0v) is 28.9. The molecule has 2 aliphatic carbocycles. The average molecular weight is 695 g/mol. The van der Waals surface area contributed by atoms with Gasteiger partial charge >= 0.3 is 11.9 Å². The lowest BCUT2D eigenvalue weighted by Gasteiger charge is -2.16. The Morgan fingerprint density at radius 3 is 1.41 bits per heavy atom. The van der Waals surface area contributed by atoms with E-state index in [-0.39, 0.29) is 28.3 Å². The monoisotopic (exact) mass is 694 g/mol. The van der Waals surface area contributed by atoms with Gasteiger partial charge in [0, 0.05) is 26.2 Å². The van der Waals surface area contributed by atoms with Crippen molar-refractivity contribution in [1.29, 1.82) is 0 Å². The molecule has 8 rings (SSSR count). The van der Waals surface area contributed by atoms with Crippen LogP contribution in [0.1, 0.15) is 95.6 Å². The second kappa shape index (κ2) is 13.7. The van der Waals surface area contributed by atoms with Crippen molar-refractivity contribution in [2.75, 3.05) is 13.1 Å². The minimum absolute atomic E-state index is 0.00145. The highest BCUT2D eigenvalue weighted by molar-refractivity contribution is 5.88. The zero-order chi connectivity index (χ0) is 35.8. The number of aromatic nitrogens is 6. The van der Waals surface area contributed by atoms with E-state index in [1.807, 2.05) is 58.3 Å². The van der Waals surface area contributed by atoms with Crippen LogP contribution in [-0.2, 0) is 40.5 Å². The van der Waals surface area contributed by atoms with Gasteiger partial charge in [-0.15, -0.1) is 10.2 Å². The van der Waals surface area contributed by atoms with Crippen molar-refractivity contribution < 1.29 is 29.0 Å². The van der Waals surface area contributed by atoms with Crippen LogP contribution < -0.4 is 0 Å². The second-order valence-corrected chi connectivity index (χ2v) is 14.5. The molecule has 14 heteroatoms. The number of rotatable bonds is 11. The summed E-state index contributed by atoms with van der Waals surface area (Å²) in [5.74, 6) is -0.902. The molecule has 4 heterocycles. The minimum Gasteiger partial charge on any atom is -0.476 e. The third kappa shape index (κ3) is 7.69. The van der Waals surface area contributed by atoms with Crippen molar-refractivity contribution in [3.8, 4) is 0 Å². The fraction of sp³-hybridized carbons (Fsp3) is 0.459. The van der Waals surface area contributed by atoms with Gasteiger partial charge in [-0.1, -0.05) is 59.0 Å². The number of hydrogen-bond donors (Lipinski definition) is 1. The van der Waals surface area contributed by atoms with Crippen LogP contribution in [0.2, 0.25) is 0 Å². The van der Waals surface area contributed by atoms with Gasteiger partial charge in [0.15, 0.2) is 11.4 Å². The number of ether oxygens (including phenoxy) is 1. The number of esters is 1. The normalized spacial score (nSPS) is 18.0. The highest BCUT2D eigenvalue weighted by atomic mass is 16.5. The number of amides is 2. The van der Waals surface area contributed by atoms with Gasteiger partial charge in [0.05, 0.1) is 42.4 Å². The molecule has 2 amide bonds. The van der Waals surface area contributed by atoms with Crippen LogP contribution in [-0.4, -0.2) is 87.8 Å². The van der Waals surface area contributed by atoms with Crippen molar-refractivity contribution in [3.63, 3.8) is 0 Å². The van der Waals surface area contributed by atoms with Crippen LogP contribution in [0.3, 0.4) is 0 Å². The maximum atomic E-state index is 12.4. The molecule has 2 spiro atoms. The zero-order valence-electron chi connectivity index (χ0n) is 28.9. The van der Waals surface area contributed by atoms with Crippen molar-refractivity contribution in [1.82, 2.24) is 39.8 Å². The molecule has 266 valence electrons. The SMILES string of the molecule is CC(C)OC(=O)c1cn(Cc2ccc(CN3CCC4(CC4)C3=O)cc2)nn1.O=C(O)c1cn(Cc2ccc(CN3CCC4(CC4)C3=O)cc2)nn1. The van der Waals surface area contributed by atoms with Gasteiger partial charge < -0.3 is 19.6 Å². The molecule has 4 aliphatic rings. The van der Waals surface area contributed by atoms with Gasteiger partial charge in [-0.05, 0) is 74.6 Å². The first-order valence-electron chi connectivity index (χ1n) is 17.5. The maximum Gasteiger partial charge on any atom is 0.360 e. The number of carboxylic acid groups (broad SMARTS) is 1. The lowest BCUT2D eigenvalue weighted by atomic mass is 10.1. The van der Waals surface area contributed by atoms with Gasteiger partial charge in [-0.25, -0.2) is 19.0 Å². The molecular formula is C37H42N8O6. The van der Waals surface area contributed by atoms with Gasteiger partial charge in [-0.3, -0.25) is 9.59 Å². The highest BCUT2D eigenvalue weighted by Crippen LogP contribution is 2.54. The van der Waals surface area contributed by atoms with E-state index in [0.717, 1.165) is 73.9 Å². The van der Waals surface area contributed by atoms with Crippen LogP contribution in [0, 0.1) is 10.8 Å². The Bertz CT molecular complexity index is 1920. The molecule has 2 aliphatic heterocycles. The summed E-state index contributed by atoms with van der Waals surface area (Å²) in [6.07, 6.45) is 9.06. The second-order valence-electron chi connectivity index (χ2n) is 14.5. The van der Waals surface area contributed by atoms with E-state index in [9.17, 15) is 19.2 Å². The summed E-state index contributed by atoms with van der Waals surface area (Å²) in [6, 6.07) is 16.1. The fourth-order valence-electron chi connectivity index (χ4n) is 6.85. The Morgan fingerprint density at radius 2 is 1.06 bits per heavy atom. The van der Waals surface area contributed by atoms with Crippen LogP contribution >= 0.6 is 0 Å². The summed E-state index contributed by atoms with van der Waals surface area (Å²) in [7, 11) is 0. The lowest BCUT2D eigenvalue weighted by Crippen LogP contribution is -2.27. The van der Waals surface area contributed by atoms with Crippen LogP contribution in [0.15, 0.2) is 60.9 Å². The molecule has 14 nitrogen and oxygen atoms in total. The number of benzene rings is 2. The van der Waals surface area contributed by atoms with E-state index in [2.05, 4.69) is 20.6 Å². The molecule has 2 saturated carbocycles. The summed E-state index contributed by atoms with van der Waals surface area (Å²) in [5.41, 5.74) is 4.44. The van der Waals surface area contributed by atoms with E-state index >= 15 is 0 Å². The molecule has 51 heavy (non-hydrogen) atoms. The number of nitrogens with zero attached hydrogens (tertiary/aromatic N) is 8. The van der Waals surface area contributed by atoms with Crippen molar-refractivity contribution >= 4 is 23.8 Å². The van der Waals surface area contributed by atoms with Gasteiger partial charge in [0.25, 0.3) is 0 Å². The number of carbonyl (C=O) groups is 4. The Hall–Kier alpha value is -5.40. The van der Waals surface area contributed by atoms with Crippen LogP contribution in [0.25, 0.3) is 0 Å². The van der Waals surface area contributed by atoms with Crippen molar-refractivity contribution in [2.24, 2.45) is 10.8 Å². The summed E-state index contributed by atoms with van der Waals surface area (Å²) >= 11 is 0. The molecule has 0 unspecified atom stereocenters. The summed E-state index contributed by atoms with van der Waals surface area (Å²) < 4.78 is 8.24. The van der Waals surface area contributed by atoms with E-state index in [0.29, 0.717) is 38.0 Å². The van der Waals surface area contributed by atoms with E-state index < -0.39 is 11.9 Å².